The van der Waals surface area contributed by atoms with Crippen LogP contribution in [0.3, 0.4) is 0 Å². The Kier molecular flexibility index (Phi) is 4.74. The molecule has 6 nitrogen and oxygen atoms in total. The molecule has 0 spiro atoms. The van der Waals surface area contributed by atoms with Gasteiger partial charge in [-0.15, -0.1) is 0 Å². The van der Waals surface area contributed by atoms with E-state index in [1.807, 2.05) is 42.1 Å². The zero-order valence-electron chi connectivity index (χ0n) is 13.8. The van der Waals surface area contributed by atoms with Crippen molar-refractivity contribution in [2.75, 3.05) is 0 Å². The van der Waals surface area contributed by atoms with Crippen LogP contribution in [0.1, 0.15) is 35.2 Å². The van der Waals surface area contributed by atoms with Crippen molar-refractivity contribution in [1.29, 1.82) is 0 Å². The second-order valence-electron chi connectivity index (χ2n) is 5.62. The molecule has 0 fully saturated rings. The summed E-state index contributed by atoms with van der Waals surface area (Å²) in [4.78, 5) is 16.9. The van der Waals surface area contributed by atoms with Crippen molar-refractivity contribution in [2.24, 2.45) is 7.05 Å². The molecule has 6 heteroatoms. The van der Waals surface area contributed by atoms with Crippen molar-refractivity contribution in [3.63, 3.8) is 0 Å². The van der Waals surface area contributed by atoms with Crippen LogP contribution in [0, 0.1) is 0 Å². The lowest BCUT2D eigenvalue weighted by atomic mass is 10.1. The Hall–Kier alpha value is -2.89. The van der Waals surface area contributed by atoms with Gasteiger partial charge in [0.2, 0.25) is 0 Å². The lowest BCUT2D eigenvalue weighted by molar-refractivity contribution is 0.0947. The van der Waals surface area contributed by atoms with Gasteiger partial charge in [0, 0.05) is 31.1 Å². The number of amides is 1. The van der Waals surface area contributed by atoms with Crippen molar-refractivity contribution in [3.05, 3.63) is 59.7 Å². The molecule has 0 aliphatic rings. The molecule has 0 unspecified atom stereocenters. The molecule has 3 rings (SSSR count). The van der Waals surface area contributed by atoms with E-state index in [2.05, 4.69) is 22.4 Å². The Labute approximate surface area is 140 Å². The highest BCUT2D eigenvalue weighted by atomic mass is 16.5. The number of aryl methyl sites for hydroxylation is 2. The summed E-state index contributed by atoms with van der Waals surface area (Å²) in [6.07, 6.45) is 5.45. The summed E-state index contributed by atoms with van der Waals surface area (Å²) in [5, 5.41) is 6.87. The van der Waals surface area contributed by atoms with Crippen LogP contribution >= 0.6 is 0 Å². The minimum absolute atomic E-state index is 0.165. The Morgan fingerprint density at radius 2 is 2.17 bits per heavy atom. The Balaban J connectivity index is 1.74. The average Bonchev–Trinajstić information content (AvgIpc) is 3.22. The Morgan fingerprint density at radius 3 is 2.92 bits per heavy atom. The molecule has 0 atom stereocenters. The van der Waals surface area contributed by atoms with Gasteiger partial charge in [-0.3, -0.25) is 4.79 Å². The quantitative estimate of drug-likeness (QED) is 0.756. The molecule has 124 valence electrons. The number of hydrogen-bond donors (Lipinski definition) is 1. The van der Waals surface area contributed by atoms with Gasteiger partial charge >= 0.3 is 0 Å². The van der Waals surface area contributed by atoms with E-state index >= 15 is 0 Å². The molecular weight excluding hydrogens is 304 g/mol. The molecule has 1 N–H and O–H groups in total. The number of imidazole rings is 1. The third-order valence-electron chi connectivity index (χ3n) is 3.77. The SMILES string of the molecule is CCCc1cc(CNC(=O)c2ccccc2-c2nccn2C)on1. The smallest absolute Gasteiger partial charge is 0.252 e. The van der Waals surface area contributed by atoms with Crippen molar-refractivity contribution in [3.8, 4) is 11.4 Å². The summed E-state index contributed by atoms with van der Waals surface area (Å²) in [5.74, 6) is 1.24. The first-order valence-corrected chi connectivity index (χ1v) is 7.98. The van der Waals surface area contributed by atoms with Crippen LogP contribution in [0.4, 0.5) is 0 Å². The van der Waals surface area contributed by atoms with E-state index in [0.717, 1.165) is 29.9 Å². The lowest BCUT2D eigenvalue weighted by Gasteiger charge is -2.09. The summed E-state index contributed by atoms with van der Waals surface area (Å²) in [6, 6.07) is 9.31. The number of carbonyl (C=O) groups is 1. The van der Waals surface area contributed by atoms with Crippen LogP contribution in [0.5, 0.6) is 0 Å². The first-order valence-electron chi connectivity index (χ1n) is 7.98. The third-order valence-corrected chi connectivity index (χ3v) is 3.77. The molecule has 3 aromatic rings. The molecule has 24 heavy (non-hydrogen) atoms. The number of aromatic nitrogens is 3. The molecule has 0 saturated carbocycles. The maximum absolute atomic E-state index is 12.6. The van der Waals surface area contributed by atoms with Crippen molar-refractivity contribution in [2.45, 2.75) is 26.3 Å². The second-order valence-corrected chi connectivity index (χ2v) is 5.62. The number of nitrogens with zero attached hydrogens (tertiary/aromatic N) is 3. The maximum atomic E-state index is 12.6. The Bertz CT molecular complexity index is 835. The van der Waals surface area contributed by atoms with Crippen LogP contribution in [0.2, 0.25) is 0 Å². The van der Waals surface area contributed by atoms with Crippen molar-refractivity contribution >= 4 is 5.91 Å². The van der Waals surface area contributed by atoms with Crippen LogP contribution in [0.15, 0.2) is 47.2 Å². The minimum Gasteiger partial charge on any atom is -0.359 e. The fraction of sp³-hybridized carbons (Fsp3) is 0.278. The van der Waals surface area contributed by atoms with Gasteiger partial charge in [0.05, 0.1) is 17.8 Å². The van der Waals surface area contributed by atoms with Crippen molar-refractivity contribution in [1.82, 2.24) is 20.0 Å². The van der Waals surface area contributed by atoms with E-state index in [0.29, 0.717) is 17.9 Å². The van der Waals surface area contributed by atoms with Crippen LogP contribution < -0.4 is 5.32 Å². The first kappa shape index (κ1) is 16.0. The third kappa shape index (κ3) is 3.37. The molecule has 0 aliphatic heterocycles. The van der Waals surface area contributed by atoms with Gasteiger partial charge in [0.15, 0.2) is 5.76 Å². The lowest BCUT2D eigenvalue weighted by Crippen LogP contribution is -2.23. The molecule has 1 amide bonds. The van der Waals surface area contributed by atoms with Gasteiger partial charge in [-0.1, -0.05) is 36.7 Å². The zero-order chi connectivity index (χ0) is 16.9. The summed E-state index contributed by atoms with van der Waals surface area (Å²) in [6.45, 7) is 2.40. The van der Waals surface area contributed by atoms with E-state index in [1.165, 1.54) is 0 Å². The predicted octanol–water partition coefficient (Wildman–Crippen LogP) is 2.96. The highest BCUT2D eigenvalue weighted by Gasteiger charge is 2.15. The molecule has 0 aliphatic carbocycles. The molecule has 2 aromatic heterocycles. The van der Waals surface area contributed by atoms with Crippen LogP contribution in [-0.4, -0.2) is 20.6 Å². The molecular formula is C18H20N4O2. The first-order chi connectivity index (χ1) is 11.7. The zero-order valence-corrected chi connectivity index (χ0v) is 13.8. The molecule has 0 saturated heterocycles. The fourth-order valence-electron chi connectivity index (χ4n) is 2.58. The van der Waals surface area contributed by atoms with Crippen molar-refractivity contribution < 1.29 is 9.32 Å². The highest BCUT2D eigenvalue weighted by molar-refractivity contribution is 6.00. The summed E-state index contributed by atoms with van der Waals surface area (Å²) < 4.78 is 7.13. The van der Waals surface area contributed by atoms with Gasteiger partial charge in [-0.2, -0.15) is 0 Å². The average molecular weight is 324 g/mol. The van der Waals surface area contributed by atoms with E-state index in [4.69, 9.17) is 4.52 Å². The summed E-state index contributed by atoms with van der Waals surface area (Å²) >= 11 is 0. The van der Waals surface area contributed by atoms with Gasteiger partial charge < -0.3 is 14.4 Å². The van der Waals surface area contributed by atoms with E-state index in [9.17, 15) is 4.79 Å². The molecule has 0 bridgehead atoms. The number of nitrogens with one attached hydrogen (secondary N) is 1. The van der Waals surface area contributed by atoms with Gasteiger partial charge in [0.1, 0.15) is 5.82 Å². The fourth-order valence-corrected chi connectivity index (χ4v) is 2.58. The topological polar surface area (TPSA) is 73.0 Å². The minimum atomic E-state index is -0.165. The number of carbonyl (C=O) groups excluding carboxylic acids is 1. The van der Waals surface area contributed by atoms with E-state index in [1.54, 1.807) is 12.3 Å². The molecule has 0 radical (unpaired) electrons. The van der Waals surface area contributed by atoms with Gasteiger partial charge in [-0.25, -0.2) is 4.98 Å². The standard InChI is InChI=1S/C18H20N4O2/c1-3-6-13-11-14(24-21-13)12-20-18(23)16-8-5-4-7-15(16)17-19-9-10-22(17)2/h4-5,7-11H,3,6,12H2,1-2H3,(H,20,23). The summed E-state index contributed by atoms with van der Waals surface area (Å²) in [7, 11) is 1.90. The number of rotatable bonds is 6. The predicted molar refractivity (Wildman–Crippen MR) is 90.3 cm³/mol. The van der Waals surface area contributed by atoms with Crippen LogP contribution in [-0.2, 0) is 20.0 Å². The monoisotopic (exact) mass is 324 g/mol. The van der Waals surface area contributed by atoms with Gasteiger partial charge in [-0.05, 0) is 12.5 Å². The normalized spacial score (nSPS) is 10.8. The molecule has 1 aromatic carbocycles. The van der Waals surface area contributed by atoms with Gasteiger partial charge in [0.25, 0.3) is 5.91 Å². The summed E-state index contributed by atoms with van der Waals surface area (Å²) in [5.41, 5.74) is 2.29. The number of hydrogen-bond acceptors (Lipinski definition) is 4. The molecule has 2 heterocycles. The van der Waals surface area contributed by atoms with Crippen LogP contribution in [0.25, 0.3) is 11.4 Å². The highest BCUT2D eigenvalue weighted by Crippen LogP contribution is 2.21. The van der Waals surface area contributed by atoms with E-state index in [-0.39, 0.29) is 5.91 Å². The number of benzene rings is 1. The van der Waals surface area contributed by atoms with E-state index < -0.39 is 0 Å². The Morgan fingerprint density at radius 1 is 1.33 bits per heavy atom. The second kappa shape index (κ2) is 7.12. The maximum Gasteiger partial charge on any atom is 0.252 e. The largest absolute Gasteiger partial charge is 0.359 e.